The van der Waals surface area contributed by atoms with Crippen LogP contribution in [0.25, 0.3) is 0 Å². The average molecular weight is 350 g/mol. The second-order valence-electron chi connectivity index (χ2n) is 6.57. The van der Waals surface area contributed by atoms with Crippen molar-refractivity contribution in [1.82, 2.24) is 10.2 Å². The first kappa shape index (κ1) is 19.1. The fourth-order valence-corrected chi connectivity index (χ4v) is 3.33. The first-order chi connectivity index (χ1) is 11.9. The van der Waals surface area contributed by atoms with Crippen LogP contribution < -0.4 is 5.32 Å². The molecule has 3 atom stereocenters. The number of likely N-dealkylation sites (tertiary alicyclic amines) is 1. The molecule has 0 bridgehead atoms. The van der Waals surface area contributed by atoms with Gasteiger partial charge in [0.05, 0.1) is 11.8 Å². The van der Waals surface area contributed by atoms with E-state index in [0.717, 1.165) is 17.7 Å². The lowest BCUT2D eigenvalue weighted by molar-refractivity contribution is -0.159. The number of nitrogens with zero attached hydrogens (tertiary/aromatic N) is 1. The third-order valence-corrected chi connectivity index (χ3v) is 4.97. The lowest BCUT2D eigenvalue weighted by Crippen LogP contribution is -2.45. The summed E-state index contributed by atoms with van der Waals surface area (Å²) in [5.74, 6) is -2.55. The highest BCUT2D eigenvalue weighted by Gasteiger charge is 2.50. The summed E-state index contributed by atoms with van der Waals surface area (Å²) >= 11 is 0. The van der Waals surface area contributed by atoms with Gasteiger partial charge in [-0.15, -0.1) is 0 Å². The fraction of sp³-hybridized carbons (Fsp3) is 0.667. The monoisotopic (exact) mass is 350 g/mol. The summed E-state index contributed by atoms with van der Waals surface area (Å²) in [6.07, 6.45) is 6.40. The van der Waals surface area contributed by atoms with Crippen molar-refractivity contribution in [2.45, 2.75) is 58.5 Å². The fourth-order valence-electron chi connectivity index (χ4n) is 3.33. The SMILES string of the molecule is CCC(CC)NC(=O)COC(=O)[C@H](C)N1C(=O)[C@H]2CC=CC[C@@H]2C1=O. The van der Waals surface area contributed by atoms with Gasteiger partial charge in [0.2, 0.25) is 11.8 Å². The van der Waals surface area contributed by atoms with Crippen molar-refractivity contribution in [2.24, 2.45) is 11.8 Å². The van der Waals surface area contributed by atoms with Crippen LogP contribution in [0.4, 0.5) is 0 Å². The number of hydrogen-bond acceptors (Lipinski definition) is 5. The molecule has 7 heteroatoms. The Kier molecular flexibility index (Phi) is 6.33. The summed E-state index contributed by atoms with van der Waals surface area (Å²) in [4.78, 5) is 49.9. The molecular formula is C18H26N2O5. The van der Waals surface area contributed by atoms with Gasteiger partial charge in [-0.3, -0.25) is 19.3 Å². The Morgan fingerprint density at radius 2 is 1.68 bits per heavy atom. The molecule has 0 aromatic carbocycles. The van der Waals surface area contributed by atoms with Crippen molar-refractivity contribution in [3.8, 4) is 0 Å². The summed E-state index contributed by atoms with van der Waals surface area (Å²) < 4.78 is 5.01. The quantitative estimate of drug-likeness (QED) is 0.423. The highest BCUT2D eigenvalue weighted by molar-refractivity contribution is 6.08. The molecule has 1 aliphatic carbocycles. The molecule has 0 aromatic rings. The Hall–Kier alpha value is -2.18. The Balaban J connectivity index is 1.91. The zero-order valence-corrected chi connectivity index (χ0v) is 15.0. The van der Waals surface area contributed by atoms with Crippen LogP contribution in [0.1, 0.15) is 46.5 Å². The number of carbonyl (C=O) groups is 4. The lowest BCUT2D eigenvalue weighted by Gasteiger charge is -2.22. The lowest BCUT2D eigenvalue weighted by atomic mass is 9.85. The van der Waals surface area contributed by atoms with Gasteiger partial charge in [0.1, 0.15) is 6.04 Å². The number of rotatable bonds is 7. The molecule has 2 aliphatic rings. The van der Waals surface area contributed by atoms with Crippen molar-refractivity contribution >= 4 is 23.7 Å². The topological polar surface area (TPSA) is 92.8 Å². The van der Waals surface area contributed by atoms with Gasteiger partial charge < -0.3 is 10.1 Å². The van der Waals surface area contributed by atoms with Crippen LogP contribution in [0.5, 0.6) is 0 Å². The van der Waals surface area contributed by atoms with Crippen LogP contribution in [-0.4, -0.2) is 47.3 Å². The number of hydrogen-bond donors (Lipinski definition) is 1. The van der Waals surface area contributed by atoms with E-state index in [-0.39, 0.29) is 35.6 Å². The molecule has 1 saturated heterocycles. The van der Waals surface area contributed by atoms with Gasteiger partial charge in [-0.2, -0.15) is 0 Å². The second-order valence-corrected chi connectivity index (χ2v) is 6.57. The largest absolute Gasteiger partial charge is 0.454 e. The molecule has 0 spiro atoms. The molecule has 1 fully saturated rings. The maximum absolute atomic E-state index is 12.4. The summed E-state index contributed by atoms with van der Waals surface area (Å²) in [5, 5.41) is 2.77. The van der Waals surface area contributed by atoms with Gasteiger partial charge in [0, 0.05) is 6.04 Å². The minimum absolute atomic E-state index is 0.0426. The summed E-state index contributed by atoms with van der Waals surface area (Å²) in [7, 11) is 0. The molecule has 7 nitrogen and oxygen atoms in total. The summed E-state index contributed by atoms with van der Waals surface area (Å²) in [6, 6.07) is -0.979. The van der Waals surface area contributed by atoms with Crippen LogP contribution in [-0.2, 0) is 23.9 Å². The molecular weight excluding hydrogens is 324 g/mol. The highest BCUT2D eigenvalue weighted by Crippen LogP contribution is 2.36. The van der Waals surface area contributed by atoms with E-state index in [1.165, 1.54) is 6.92 Å². The van der Waals surface area contributed by atoms with E-state index in [1.54, 1.807) is 0 Å². The number of ether oxygens (including phenoxy) is 1. The van der Waals surface area contributed by atoms with Crippen LogP contribution in [0.15, 0.2) is 12.2 Å². The predicted octanol–water partition coefficient (Wildman–Crippen LogP) is 1.17. The predicted molar refractivity (Wildman–Crippen MR) is 90.1 cm³/mol. The number of imide groups is 1. The van der Waals surface area contributed by atoms with Gasteiger partial charge in [0.15, 0.2) is 6.61 Å². The molecule has 3 amide bonds. The maximum atomic E-state index is 12.4. The number of amides is 3. The zero-order valence-electron chi connectivity index (χ0n) is 15.0. The molecule has 2 rings (SSSR count). The first-order valence-corrected chi connectivity index (χ1v) is 8.88. The van der Waals surface area contributed by atoms with Crippen LogP contribution in [0, 0.1) is 11.8 Å². The number of esters is 1. The van der Waals surface area contributed by atoms with Crippen LogP contribution in [0.2, 0.25) is 0 Å². The van der Waals surface area contributed by atoms with E-state index < -0.39 is 18.6 Å². The van der Waals surface area contributed by atoms with Gasteiger partial charge in [-0.05, 0) is 32.6 Å². The van der Waals surface area contributed by atoms with Gasteiger partial charge in [-0.1, -0.05) is 26.0 Å². The van der Waals surface area contributed by atoms with Gasteiger partial charge >= 0.3 is 5.97 Å². The zero-order chi connectivity index (χ0) is 18.6. The second kappa shape index (κ2) is 8.27. The van der Waals surface area contributed by atoms with Crippen molar-refractivity contribution in [3.63, 3.8) is 0 Å². The molecule has 0 unspecified atom stereocenters. The van der Waals surface area contributed by atoms with Crippen LogP contribution in [0.3, 0.4) is 0 Å². The Morgan fingerprint density at radius 3 is 2.16 bits per heavy atom. The van der Waals surface area contributed by atoms with Crippen molar-refractivity contribution in [1.29, 1.82) is 0 Å². The molecule has 138 valence electrons. The molecule has 0 radical (unpaired) electrons. The van der Waals surface area contributed by atoms with E-state index in [2.05, 4.69) is 5.32 Å². The standard InChI is InChI=1S/C18H26N2O5/c1-4-12(5-2)19-15(21)10-25-18(24)11(3)20-16(22)13-8-6-7-9-14(13)17(20)23/h6-7,11-14H,4-5,8-10H2,1-3H3,(H,19,21)/t11-,13-,14-/m0/s1. The van der Waals surface area contributed by atoms with E-state index in [4.69, 9.17) is 4.74 Å². The van der Waals surface area contributed by atoms with E-state index in [0.29, 0.717) is 12.8 Å². The Labute approximate surface area is 147 Å². The van der Waals surface area contributed by atoms with E-state index in [1.807, 2.05) is 26.0 Å². The minimum Gasteiger partial charge on any atom is -0.454 e. The number of fused-ring (bicyclic) bond motifs is 1. The van der Waals surface area contributed by atoms with Gasteiger partial charge in [0.25, 0.3) is 5.91 Å². The Morgan fingerprint density at radius 1 is 1.16 bits per heavy atom. The first-order valence-electron chi connectivity index (χ1n) is 8.88. The van der Waals surface area contributed by atoms with E-state index in [9.17, 15) is 19.2 Å². The summed E-state index contributed by atoms with van der Waals surface area (Å²) in [5.41, 5.74) is 0. The molecule has 25 heavy (non-hydrogen) atoms. The highest BCUT2D eigenvalue weighted by atomic mass is 16.5. The summed E-state index contributed by atoms with van der Waals surface area (Å²) in [6.45, 7) is 4.97. The average Bonchev–Trinajstić information content (AvgIpc) is 2.88. The number of nitrogens with one attached hydrogen (secondary N) is 1. The third kappa shape index (κ3) is 4.08. The van der Waals surface area contributed by atoms with E-state index >= 15 is 0 Å². The van der Waals surface area contributed by atoms with Crippen LogP contribution >= 0.6 is 0 Å². The van der Waals surface area contributed by atoms with Crippen molar-refractivity contribution < 1.29 is 23.9 Å². The molecule has 1 heterocycles. The number of allylic oxidation sites excluding steroid dienone is 2. The third-order valence-electron chi connectivity index (χ3n) is 4.97. The van der Waals surface area contributed by atoms with Crippen molar-refractivity contribution in [2.75, 3.05) is 6.61 Å². The molecule has 1 aliphatic heterocycles. The Bertz CT molecular complexity index is 556. The minimum atomic E-state index is -1.02. The maximum Gasteiger partial charge on any atom is 0.329 e. The van der Waals surface area contributed by atoms with Gasteiger partial charge in [-0.25, -0.2) is 4.79 Å². The normalized spacial score (nSPS) is 23.6. The van der Waals surface area contributed by atoms with Crippen molar-refractivity contribution in [3.05, 3.63) is 12.2 Å². The molecule has 0 aromatic heterocycles. The molecule has 0 saturated carbocycles. The molecule has 1 N–H and O–H groups in total. The smallest absolute Gasteiger partial charge is 0.329 e. The number of carbonyl (C=O) groups excluding carboxylic acids is 4.